The highest BCUT2D eigenvalue weighted by molar-refractivity contribution is 6.07. The van der Waals surface area contributed by atoms with Gasteiger partial charge in [0, 0.05) is 11.3 Å². The maximum absolute atomic E-state index is 11.8. The number of nitrogens with one attached hydrogen (secondary N) is 1. The zero-order valence-corrected chi connectivity index (χ0v) is 9.15. The van der Waals surface area contributed by atoms with Gasteiger partial charge in [-0.1, -0.05) is 18.2 Å². The molecule has 1 heterocycles. The van der Waals surface area contributed by atoms with E-state index in [4.69, 9.17) is 0 Å². The van der Waals surface area contributed by atoms with Crippen molar-refractivity contribution >= 4 is 17.9 Å². The Hall–Kier alpha value is -1.68. The molecule has 2 N–H and O–H groups in total. The first-order chi connectivity index (χ1) is 7.43. The van der Waals surface area contributed by atoms with Gasteiger partial charge in [-0.25, -0.2) is 0 Å². The molecule has 0 saturated heterocycles. The summed E-state index contributed by atoms with van der Waals surface area (Å²) in [5, 5.41) is 13.1. The fourth-order valence-corrected chi connectivity index (χ4v) is 1.97. The molecular weight excluding hydrogens is 206 g/mol. The van der Waals surface area contributed by atoms with Crippen molar-refractivity contribution in [3.63, 3.8) is 0 Å². The highest BCUT2D eigenvalue weighted by Crippen LogP contribution is 2.46. The molecule has 1 aliphatic heterocycles. The van der Waals surface area contributed by atoms with Crippen LogP contribution in [0.1, 0.15) is 19.4 Å². The van der Waals surface area contributed by atoms with E-state index in [2.05, 4.69) is 5.32 Å². The van der Waals surface area contributed by atoms with Crippen LogP contribution in [0.5, 0.6) is 0 Å². The number of hydrogen-bond acceptors (Lipinski definition) is 3. The number of anilines is 1. The van der Waals surface area contributed by atoms with Gasteiger partial charge in [0.1, 0.15) is 6.29 Å². The minimum atomic E-state index is -1.79. The van der Waals surface area contributed by atoms with Crippen LogP contribution >= 0.6 is 0 Å². The van der Waals surface area contributed by atoms with Crippen molar-refractivity contribution in [3.8, 4) is 0 Å². The molecule has 1 aliphatic rings. The van der Waals surface area contributed by atoms with E-state index in [9.17, 15) is 14.7 Å². The Morgan fingerprint density at radius 2 is 2.00 bits per heavy atom. The fraction of sp³-hybridized carbons (Fsp3) is 0.333. The van der Waals surface area contributed by atoms with Crippen LogP contribution in [0.3, 0.4) is 0 Å². The van der Waals surface area contributed by atoms with Gasteiger partial charge in [0.15, 0.2) is 5.60 Å². The summed E-state index contributed by atoms with van der Waals surface area (Å²) in [6, 6.07) is 6.84. The van der Waals surface area contributed by atoms with Crippen LogP contribution in [-0.4, -0.2) is 17.3 Å². The first-order valence-corrected chi connectivity index (χ1v) is 5.03. The highest BCUT2D eigenvalue weighted by Gasteiger charge is 2.55. The van der Waals surface area contributed by atoms with Crippen molar-refractivity contribution in [1.82, 2.24) is 0 Å². The maximum atomic E-state index is 11.8. The van der Waals surface area contributed by atoms with Crippen LogP contribution in [0.25, 0.3) is 0 Å². The second-order valence-corrected chi connectivity index (χ2v) is 4.55. The summed E-state index contributed by atoms with van der Waals surface area (Å²) in [7, 11) is 0. The molecule has 1 atom stereocenters. The summed E-state index contributed by atoms with van der Waals surface area (Å²) < 4.78 is 0. The van der Waals surface area contributed by atoms with Gasteiger partial charge < -0.3 is 15.2 Å². The lowest BCUT2D eigenvalue weighted by atomic mass is 9.72. The normalized spacial score (nSPS) is 23.8. The first kappa shape index (κ1) is 10.8. The molecule has 0 aliphatic carbocycles. The third-order valence-corrected chi connectivity index (χ3v) is 3.12. The summed E-state index contributed by atoms with van der Waals surface area (Å²) >= 11 is 0. The van der Waals surface area contributed by atoms with Crippen molar-refractivity contribution in [2.75, 3.05) is 5.32 Å². The lowest BCUT2D eigenvalue weighted by molar-refractivity contribution is -0.152. The lowest BCUT2D eigenvalue weighted by Gasteiger charge is -2.33. The van der Waals surface area contributed by atoms with E-state index < -0.39 is 16.9 Å². The van der Waals surface area contributed by atoms with E-state index in [0.717, 1.165) is 0 Å². The number of aldehydes is 1. The molecule has 0 fully saturated rings. The molecule has 1 aromatic carbocycles. The Morgan fingerprint density at radius 1 is 1.38 bits per heavy atom. The predicted octanol–water partition coefficient (Wildman–Crippen LogP) is 1.05. The molecular formula is C12H13NO3. The van der Waals surface area contributed by atoms with Gasteiger partial charge >= 0.3 is 0 Å². The SMILES string of the molecule is CC(C)(C=O)[C@@]1(O)C(=O)Nc2ccccc21. The number of rotatable bonds is 2. The molecule has 0 unspecified atom stereocenters. The second-order valence-electron chi connectivity index (χ2n) is 4.55. The first-order valence-electron chi connectivity index (χ1n) is 5.03. The Bertz CT molecular complexity index is 467. The summed E-state index contributed by atoms with van der Waals surface area (Å²) in [5.41, 5.74) is -1.93. The van der Waals surface area contributed by atoms with E-state index in [-0.39, 0.29) is 0 Å². The van der Waals surface area contributed by atoms with E-state index in [1.165, 1.54) is 0 Å². The number of benzene rings is 1. The molecule has 0 bridgehead atoms. The fourth-order valence-electron chi connectivity index (χ4n) is 1.97. The topological polar surface area (TPSA) is 66.4 Å². The molecule has 0 saturated carbocycles. The zero-order chi connectivity index (χ0) is 12.0. The Balaban J connectivity index is 2.66. The van der Waals surface area contributed by atoms with Crippen molar-refractivity contribution in [1.29, 1.82) is 0 Å². The number of amides is 1. The van der Waals surface area contributed by atoms with Crippen LogP contribution in [0.4, 0.5) is 5.69 Å². The molecule has 16 heavy (non-hydrogen) atoms. The number of carbonyl (C=O) groups is 2. The Kier molecular flexibility index (Phi) is 2.13. The quantitative estimate of drug-likeness (QED) is 0.731. The van der Waals surface area contributed by atoms with Crippen LogP contribution in [0.15, 0.2) is 24.3 Å². The van der Waals surface area contributed by atoms with E-state index in [0.29, 0.717) is 17.5 Å². The van der Waals surface area contributed by atoms with Crippen molar-refractivity contribution in [2.24, 2.45) is 5.41 Å². The predicted molar refractivity (Wildman–Crippen MR) is 58.8 cm³/mol. The number of hydrogen-bond donors (Lipinski definition) is 2. The van der Waals surface area contributed by atoms with Gasteiger partial charge in [-0.15, -0.1) is 0 Å². The third kappa shape index (κ3) is 1.13. The molecule has 0 aromatic heterocycles. The maximum Gasteiger partial charge on any atom is 0.262 e. The van der Waals surface area contributed by atoms with Gasteiger partial charge in [0.2, 0.25) is 0 Å². The average molecular weight is 219 g/mol. The Morgan fingerprint density at radius 3 is 2.62 bits per heavy atom. The smallest absolute Gasteiger partial charge is 0.262 e. The lowest BCUT2D eigenvalue weighted by Crippen LogP contribution is -2.48. The largest absolute Gasteiger partial charge is 0.374 e. The number of carbonyl (C=O) groups excluding carboxylic acids is 2. The van der Waals surface area contributed by atoms with Gasteiger partial charge in [-0.2, -0.15) is 0 Å². The molecule has 0 radical (unpaired) electrons. The third-order valence-electron chi connectivity index (χ3n) is 3.12. The standard InChI is InChI=1S/C12H13NO3/c1-11(2,7-14)12(16)8-5-3-4-6-9(8)13-10(12)15/h3-7,16H,1-2H3,(H,13,15)/t12-/m0/s1. The summed E-state index contributed by atoms with van der Waals surface area (Å²) in [6.45, 7) is 3.09. The van der Waals surface area contributed by atoms with Crippen LogP contribution < -0.4 is 5.32 Å². The Labute approximate surface area is 93.3 Å². The number of fused-ring (bicyclic) bond motifs is 1. The molecule has 4 nitrogen and oxygen atoms in total. The highest BCUT2D eigenvalue weighted by atomic mass is 16.3. The van der Waals surface area contributed by atoms with Crippen LogP contribution in [0.2, 0.25) is 0 Å². The monoisotopic (exact) mass is 219 g/mol. The van der Waals surface area contributed by atoms with Crippen LogP contribution in [0, 0.1) is 5.41 Å². The number of aliphatic hydroxyl groups is 1. The molecule has 0 spiro atoms. The molecule has 2 rings (SSSR count). The minimum absolute atomic E-state index is 0.456. The summed E-state index contributed by atoms with van der Waals surface area (Å²) in [6.07, 6.45) is 0.606. The van der Waals surface area contributed by atoms with Gasteiger partial charge in [0.25, 0.3) is 5.91 Å². The van der Waals surface area contributed by atoms with Gasteiger partial charge in [-0.05, 0) is 19.9 Å². The zero-order valence-electron chi connectivity index (χ0n) is 9.15. The summed E-state index contributed by atoms with van der Waals surface area (Å²) in [4.78, 5) is 22.9. The molecule has 4 heteroatoms. The minimum Gasteiger partial charge on any atom is -0.374 e. The van der Waals surface area contributed by atoms with Crippen molar-refractivity contribution in [3.05, 3.63) is 29.8 Å². The second kappa shape index (κ2) is 3.15. The van der Waals surface area contributed by atoms with E-state index in [1.807, 2.05) is 0 Å². The summed E-state index contributed by atoms with van der Waals surface area (Å²) in [5.74, 6) is -0.550. The number of para-hydroxylation sites is 1. The van der Waals surface area contributed by atoms with E-state index in [1.54, 1.807) is 38.1 Å². The van der Waals surface area contributed by atoms with E-state index >= 15 is 0 Å². The van der Waals surface area contributed by atoms with Crippen molar-refractivity contribution < 1.29 is 14.7 Å². The molecule has 1 aromatic rings. The average Bonchev–Trinajstić information content (AvgIpc) is 2.53. The molecule has 84 valence electrons. The van der Waals surface area contributed by atoms with Crippen LogP contribution in [-0.2, 0) is 15.2 Å². The van der Waals surface area contributed by atoms with Crippen molar-refractivity contribution in [2.45, 2.75) is 19.4 Å². The molecule has 1 amide bonds. The van der Waals surface area contributed by atoms with Gasteiger partial charge in [0.05, 0.1) is 5.41 Å². The van der Waals surface area contributed by atoms with Gasteiger partial charge in [-0.3, -0.25) is 4.79 Å².